The fraction of sp³-hybridized carbons (Fsp3) is 0.176. The molecule has 2 aromatic heterocycles. The van der Waals surface area contributed by atoms with Crippen molar-refractivity contribution in [1.29, 1.82) is 0 Å². The van der Waals surface area contributed by atoms with Crippen molar-refractivity contribution in [2.75, 3.05) is 0 Å². The predicted molar refractivity (Wildman–Crippen MR) is 95.5 cm³/mol. The molecular formula is C17H14ClN3O6. The Morgan fingerprint density at radius 1 is 1.19 bits per heavy atom. The molecule has 0 radical (unpaired) electrons. The summed E-state index contributed by atoms with van der Waals surface area (Å²) in [5, 5.41) is 46.3. The number of nitrogens with zero attached hydrogens (tertiary/aromatic N) is 3. The molecule has 27 heavy (non-hydrogen) atoms. The summed E-state index contributed by atoms with van der Waals surface area (Å²) in [6.45, 7) is 5.20. The van der Waals surface area contributed by atoms with Gasteiger partial charge in [-0.15, -0.1) is 0 Å². The third-order valence-electron chi connectivity index (χ3n) is 4.49. The van der Waals surface area contributed by atoms with Gasteiger partial charge in [-0.05, 0) is 37.1 Å². The van der Waals surface area contributed by atoms with E-state index < -0.39 is 22.1 Å². The van der Waals surface area contributed by atoms with Crippen LogP contribution in [0.25, 0.3) is 22.6 Å². The van der Waals surface area contributed by atoms with Gasteiger partial charge in [0, 0.05) is 30.2 Å². The van der Waals surface area contributed by atoms with Crippen molar-refractivity contribution < 1.29 is 24.4 Å². The fourth-order valence-electron chi connectivity index (χ4n) is 2.72. The average molecular weight is 392 g/mol. The van der Waals surface area contributed by atoms with Crippen molar-refractivity contribution >= 4 is 17.3 Å². The normalized spacial score (nSPS) is 11.0. The highest BCUT2D eigenvalue weighted by Gasteiger charge is 2.26. The number of pyridine rings is 1. The number of hydrogen-bond acceptors (Lipinski definition) is 7. The van der Waals surface area contributed by atoms with Gasteiger partial charge in [-0.2, -0.15) is 4.73 Å². The summed E-state index contributed by atoms with van der Waals surface area (Å²) in [6, 6.07) is 3.62. The molecule has 0 saturated heterocycles. The van der Waals surface area contributed by atoms with E-state index in [-0.39, 0.29) is 22.2 Å². The van der Waals surface area contributed by atoms with Crippen LogP contribution in [0.1, 0.15) is 16.8 Å². The Morgan fingerprint density at radius 3 is 2.48 bits per heavy atom. The molecule has 2 heterocycles. The van der Waals surface area contributed by atoms with E-state index in [1.54, 1.807) is 20.8 Å². The molecule has 0 saturated carbocycles. The number of aromatic nitrogens is 2. The topological polar surface area (TPSA) is 137 Å². The van der Waals surface area contributed by atoms with Crippen molar-refractivity contribution in [2.24, 2.45) is 0 Å². The smallest absolute Gasteiger partial charge is 0.315 e. The summed E-state index contributed by atoms with van der Waals surface area (Å²) in [7, 11) is 0. The Hall–Kier alpha value is -3.33. The van der Waals surface area contributed by atoms with Crippen molar-refractivity contribution in [3.05, 3.63) is 55.5 Å². The van der Waals surface area contributed by atoms with Crippen LogP contribution in [-0.4, -0.2) is 20.3 Å². The first-order valence-corrected chi connectivity index (χ1v) is 8.08. The lowest BCUT2D eigenvalue weighted by atomic mass is 10.0. The van der Waals surface area contributed by atoms with E-state index >= 15 is 0 Å². The van der Waals surface area contributed by atoms with Gasteiger partial charge in [-0.3, -0.25) is 10.1 Å². The highest BCUT2D eigenvalue weighted by Crippen LogP contribution is 2.40. The zero-order valence-corrected chi connectivity index (χ0v) is 15.2. The third kappa shape index (κ3) is 2.91. The van der Waals surface area contributed by atoms with Crippen LogP contribution >= 0.6 is 11.6 Å². The molecule has 0 aliphatic carbocycles. The summed E-state index contributed by atoms with van der Waals surface area (Å²) in [4.78, 5) is 10.2. The molecule has 1 aromatic carbocycles. The van der Waals surface area contributed by atoms with E-state index in [1.807, 2.05) is 0 Å². The number of rotatable bonds is 3. The molecule has 0 aliphatic heterocycles. The van der Waals surface area contributed by atoms with E-state index in [2.05, 4.69) is 5.16 Å². The summed E-state index contributed by atoms with van der Waals surface area (Å²) in [5.41, 5.74) is 1.92. The molecule has 0 bridgehead atoms. The number of aromatic hydroxyl groups is 2. The van der Waals surface area contributed by atoms with Gasteiger partial charge < -0.3 is 19.9 Å². The molecule has 0 amide bonds. The molecule has 0 fully saturated rings. The molecule has 2 N–H and O–H groups in total. The second-order valence-electron chi connectivity index (χ2n) is 5.99. The van der Waals surface area contributed by atoms with Gasteiger partial charge in [-0.1, -0.05) is 5.16 Å². The highest BCUT2D eigenvalue weighted by atomic mass is 35.5. The molecule has 0 spiro atoms. The molecule has 140 valence electrons. The zero-order valence-electron chi connectivity index (χ0n) is 14.5. The minimum absolute atomic E-state index is 0.0853. The number of phenolic OH excluding ortho intramolecular Hbond substituents is 2. The largest absolute Gasteiger partial charge is 0.617 e. The predicted octanol–water partition coefficient (Wildman–Crippen LogP) is 3.54. The molecule has 0 aliphatic rings. The summed E-state index contributed by atoms with van der Waals surface area (Å²) in [6.07, 6.45) is 0. The first-order chi connectivity index (χ1) is 12.6. The summed E-state index contributed by atoms with van der Waals surface area (Å²) >= 11 is 6.18. The Bertz CT molecular complexity index is 1060. The van der Waals surface area contributed by atoms with Crippen molar-refractivity contribution in [2.45, 2.75) is 20.8 Å². The lowest BCUT2D eigenvalue weighted by Crippen LogP contribution is -2.33. The Kier molecular flexibility index (Phi) is 4.40. The molecule has 0 atom stereocenters. The van der Waals surface area contributed by atoms with E-state index in [9.17, 15) is 25.5 Å². The standard InChI is InChI=1S/C17H14ClN3O6/c1-7-8(2)15(17(18)20(24)9(7)3)14-6-11(19-27-14)10-4-12(21(25)26)16(23)13(22)5-10/h4-6,22-23H,1-3H3. The number of nitro benzene ring substituents is 1. The van der Waals surface area contributed by atoms with Crippen LogP contribution in [0.3, 0.4) is 0 Å². The van der Waals surface area contributed by atoms with E-state index in [0.29, 0.717) is 16.0 Å². The van der Waals surface area contributed by atoms with E-state index in [4.69, 9.17) is 16.1 Å². The van der Waals surface area contributed by atoms with Crippen molar-refractivity contribution in [3.8, 4) is 34.1 Å². The van der Waals surface area contributed by atoms with Gasteiger partial charge in [0.25, 0.3) is 5.15 Å². The summed E-state index contributed by atoms with van der Waals surface area (Å²) < 4.78 is 5.87. The maximum absolute atomic E-state index is 12.2. The molecule has 10 heteroatoms. The van der Waals surface area contributed by atoms with Crippen LogP contribution in [0.15, 0.2) is 22.7 Å². The third-order valence-corrected chi connectivity index (χ3v) is 4.83. The second kappa shape index (κ2) is 6.44. The Balaban J connectivity index is 2.17. The maximum Gasteiger partial charge on any atom is 0.315 e. The Labute approximate surface area is 157 Å². The quantitative estimate of drug-likeness (QED) is 0.174. The van der Waals surface area contributed by atoms with Gasteiger partial charge in [-0.25, -0.2) is 0 Å². The number of phenols is 2. The lowest BCUT2D eigenvalue weighted by molar-refractivity contribution is -0.609. The minimum Gasteiger partial charge on any atom is -0.617 e. The van der Waals surface area contributed by atoms with Gasteiger partial charge in [0.1, 0.15) is 11.3 Å². The molecule has 3 rings (SSSR count). The van der Waals surface area contributed by atoms with E-state index in [0.717, 1.165) is 23.3 Å². The van der Waals surface area contributed by atoms with E-state index in [1.165, 1.54) is 6.07 Å². The van der Waals surface area contributed by atoms with Crippen LogP contribution in [0, 0.1) is 36.1 Å². The number of nitro groups is 1. The number of halogens is 1. The zero-order chi connectivity index (χ0) is 20.0. The SMILES string of the molecule is Cc1c(C)c(C)[n+]([O-])c(Cl)c1-c1cc(-c2cc(O)c(O)c([N+](=O)[O-])c2)no1. The highest BCUT2D eigenvalue weighted by molar-refractivity contribution is 6.31. The fourth-order valence-corrected chi connectivity index (χ4v) is 3.08. The lowest BCUT2D eigenvalue weighted by Gasteiger charge is -2.11. The van der Waals surface area contributed by atoms with Gasteiger partial charge in [0.2, 0.25) is 5.75 Å². The first-order valence-electron chi connectivity index (χ1n) is 7.70. The maximum atomic E-state index is 12.2. The van der Waals surface area contributed by atoms with Crippen LogP contribution in [-0.2, 0) is 0 Å². The number of hydrogen-bond donors (Lipinski definition) is 2. The average Bonchev–Trinajstić information content (AvgIpc) is 3.10. The minimum atomic E-state index is -0.840. The van der Waals surface area contributed by atoms with Crippen molar-refractivity contribution in [1.82, 2.24) is 5.16 Å². The van der Waals surface area contributed by atoms with Gasteiger partial charge in [0.15, 0.2) is 17.2 Å². The van der Waals surface area contributed by atoms with Crippen molar-refractivity contribution in [3.63, 3.8) is 0 Å². The monoisotopic (exact) mass is 391 g/mol. The van der Waals surface area contributed by atoms with Crippen LogP contribution in [0.5, 0.6) is 11.5 Å². The molecular weight excluding hydrogens is 378 g/mol. The van der Waals surface area contributed by atoms with Gasteiger partial charge >= 0.3 is 5.69 Å². The van der Waals surface area contributed by atoms with Crippen LogP contribution < -0.4 is 4.73 Å². The molecule has 0 unspecified atom stereocenters. The second-order valence-corrected chi connectivity index (χ2v) is 6.35. The Morgan fingerprint density at radius 2 is 1.85 bits per heavy atom. The number of benzene rings is 1. The van der Waals surface area contributed by atoms with Gasteiger partial charge in [0.05, 0.1) is 4.92 Å². The first kappa shape index (κ1) is 18.5. The molecule has 3 aromatic rings. The van der Waals surface area contributed by atoms with Crippen LogP contribution in [0.2, 0.25) is 5.15 Å². The molecule has 9 nitrogen and oxygen atoms in total. The van der Waals surface area contributed by atoms with Crippen LogP contribution in [0.4, 0.5) is 5.69 Å². The summed E-state index contributed by atoms with van der Waals surface area (Å²) in [5.74, 6) is -1.31.